The lowest BCUT2D eigenvalue weighted by atomic mass is 9.63. The number of aromatic amines is 1. The van der Waals surface area contributed by atoms with E-state index in [2.05, 4.69) is 22.2 Å². The molecule has 2 heterocycles. The number of carbonyl (C=O) groups excluding carboxylic acids is 2. The summed E-state index contributed by atoms with van der Waals surface area (Å²) in [6, 6.07) is 15.7. The normalized spacial score (nSPS) is 26.6. The molecule has 3 aliphatic carbocycles. The highest BCUT2D eigenvalue weighted by Crippen LogP contribution is 2.49. The molecule has 2 fully saturated rings. The number of benzene rings is 2. The number of carbonyl (C=O) groups is 2. The summed E-state index contributed by atoms with van der Waals surface area (Å²) in [5.74, 6) is -0.492. The lowest BCUT2D eigenvalue weighted by Crippen LogP contribution is -2.38. The Labute approximate surface area is 190 Å². The first-order chi connectivity index (χ1) is 15.6. The van der Waals surface area contributed by atoms with Crippen LogP contribution < -0.4 is 0 Å². The quantitative estimate of drug-likeness (QED) is 0.352. The van der Waals surface area contributed by atoms with Crippen LogP contribution in [0.5, 0.6) is 0 Å². The van der Waals surface area contributed by atoms with Gasteiger partial charge in [-0.05, 0) is 48.4 Å². The largest absolute Gasteiger partial charge is 0.358 e. The molecule has 6 heteroatoms. The van der Waals surface area contributed by atoms with Crippen molar-refractivity contribution in [3.8, 4) is 0 Å². The standard InChI is InChI=1S/C26H22ClN3O2/c27-18-11-5-15(6-12-18)13-22-20(19-3-1-2-4-21(19)29-22)14-28-30-25(31)23-16-7-8-17(10-9-16)24(23)26(30)32/h1-8,11-12,14,16-17,23-24,29H,9-10,13H2/b28-14-/t16-,17-,23-,24-/m0/s1. The van der Waals surface area contributed by atoms with E-state index in [4.69, 9.17) is 11.6 Å². The van der Waals surface area contributed by atoms with Gasteiger partial charge in [0.05, 0.1) is 18.1 Å². The lowest BCUT2D eigenvalue weighted by molar-refractivity contribution is -0.140. The maximum Gasteiger partial charge on any atom is 0.254 e. The van der Waals surface area contributed by atoms with Crippen LogP contribution in [0.2, 0.25) is 5.02 Å². The van der Waals surface area contributed by atoms with Crippen molar-refractivity contribution < 1.29 is 9.59 Å². The van der Waals surface area contributed by atoms with Crippen LogP contribution in [0.15, 0.2) is 65.8 Å². The molecule has 2 bridgehead atoms. The number of fused-ring (bicyclic) bond motifs is 2. The molecule has 1 saturated carbocycles. The summed E-state index contributed by atoms with van der Waals surface area (Å²) >= 11 is 6.03. The summed E-state index contributed by atoms with van der Waals surface area (Å²) in [4.78, 5) is 29.7. The second-order valence-electron chi connectivity index (χ2n) is 8.94. The fourth-order valence-electron chi connectivity index (χ4n) is 5.60. The zero-order valence-electron chi connectivity index (χ0n) is 17.4. The molecule has 5 nitrogen and oxygen atoms in total. The number of H-pyrrole nitrogens is 1. The molecular weight excluding hydrogens is 422 g/mol. The van der Waals surface area contributed by atoms with Crippen LogP contribution in [0.25, 0.3) is 10.9 Å². The summed E-state index contributed by atoms with van der Waals surface area (Å²) in [6.45, 7) is 0. The number of halogens is 1. The Morgan fingerprint density at radius 2 is 1.62 bits per heavy atom. The van der Waals surface area contributed by atoms with E-state index in [1.807, 2.05) is 48.5 Å². The third kappa shape index (κ3) is 3.03. The van der Waals surface area contributed by atoms with E-state index >= 15 is 0 Å². The van der Waals surface area contributed by atoms with Crippen molar-refractivity contribution in [3.05, 3.63) is 82.5 Å². The van der Waals surface area contributed by atoms with Gasteiger partial charge in [-0.25, -0.2) is 0 Å². The van der Waals surface area contributed by atoms with Crippen LogP contribution >= 0.6 is 11.6 Å². The summed E-state index contributed by atoms with van der Waals surface area (Å²) in [5.41, 5.74) is 3.98. The molecule has 1 saturated heterocycles. The van der Waals surface area contributed by atoms with Crippen LogP contribution in [0.3, 0.4) is 0 Å². The fraction of sp³-hybridized carbons (Fsp3) is 0.269. The van der Waals surface area contributed by atoms with Gasteiger partial charge in [0, 0.05) is 33.6 Å². The summed E-state index contributed by atoms with van der Waals surface area (Å²) < 4.78 is 0. The molecule has 160 valence electrons. The molecule has 0 unspecified atom stereocenters. The van der Waals surface area contributed by atoms with E-state index in [1.54, 1.807) is 6.21 Å². The van der Waals surface area contributed by atoms with E-state index < -0.39 is 0 Å². The van der Waals surface area contributed by atoms with Gasteiger partial charge in [0.1, 0.15) is 0 Å². The number of nitrogens with one attached hydrogen (secondary N) is 1. The number of allylic oxidation sites excluding steroid dienone is 2. The van der Waals surface area contributed by atoms with Crippen LogP contribution in [0.4, 0.5) is 0 Å². The molecule has 3 aromatic rings. The lowest BCUT2D eigenvalue weighted by Gasteiger charge is -2.37. The summed E-state index contributed by atoms with van der Waals surface area (Å²) in [5, 5.41) is 7.29. The topological polar surface area (TPSA) is 65.5 Å². The van der Waals surface area contributed by atoms with Gasteiger partial charge in [-0.15, -0.1) is 0 Å². The molecule has 1 aliphatic heterocycles. The number of hydrogen-bond donors (Lipinski definition) is 1. The van der Waals surface area contributed by atoms with Gasteiger partial charge in [0.2, 0.25) is 0 Å². The second kappa shape index (κ2) is 7.45. The minimum absolute atomic E-state index is 0.158. The Bertz CT molecular complexity index is 1260. The first kappa shape index (κ1) is 19.5. The molecule has 1 N–H and O–H groups in total. The molecule has 2 aromatic carbocycles. The highest BCUT2D eigenvalue weighted by molar-refractivity contribution is 6.30. The number of para-hydroxylation sites is 1. The maximum absolute atomic E-state index is 13.1. The van der Waals surface area contributed by atoms with Crippen molar-refractivity contribution in [1.82, 2.24) is 9.99 Å². The number of hydrazone groups is 1. The number of aromatic nitrogens is 1. The maximum atomic E-state index is 13.1. The van der Waals surface area contributed by atoms with E-state index in [9.17, 15) is 9.59 Å². The fourth-order valence-corrected chi connectivity index (χ4v) is 5.73. The second-order valence-corrected chi connectivity index (χ2v) is 9.38. The van der Waals surface area contributed by atoms with Crippen molar-refractivity contribution in [2.75, 3.05) is 0 Å². The Morgan fingerprint density at radius 1 is 0.969 bits per heavy atom. The average Bonchev–Trinajstić information content (AvgIpc) is 3.30. The molecular formula is C26H22ClN3O2. The van der Waals surface area contributed by atoms with E-state index in [-0.39, 0.29) is 35.5 Å². The number of imide groups is 1. The average molecular weight is 444 g/mol. The third-order valence-corrected chi connectivity index (χ3v) is 7.41. The van der Waals surface area contributed by atoms with Gasteiger partial charge < -0.3 is 4.98 Å². The molecule has 32 heavy (non-hydrogen) atoms. The molecule has 0 spiro atoms. The third-order valence-electron chi connectivity index (χ3n) is 7.16. The van der Waals surface area contributed by atoms with Gasteiger partial charge in [0.15, 0.2) is 0 Å². The van der Waals surface area contributed by atoms with Crippen molar-refractivity contribution in [1.29, 1.82) is 0 Å². The van der Waals surface area contributed by atoms with Gasteiger partial charge in [0.25, 0.3) is 11.8 Å². The molecule has 0 radical (unpaired) electrons. The monoisotopic (exact) mass is 443 g/mol. The number of rotatable bonds is 4. The minimum atomic E-state index is -0.250. The van der Waals surface area contributed by atoms with Gasteiger partial charge in [-0.2, -0.15) is 10.1 Å². The zero-order valence-corrected chi connectivity index (χ0v) is 18.1. The van der Waals surface area contributed by atoms with Crippen LogP contribution in [-0.2, 0) is 16.0 Å². The molecule has 1 aromatic heterocycles. The first-order valence-corrected chi connectivity index (χ1v) is 11.4. The molecule has 4 atom stereocenters. The Hall–Kier alpha value is -3.18. The number of amides is 2. The van der Waals surface area contributed by atoms with E-state index in [0.29, 0.717) is 11.4 Å². The number of hydrogen-bond acceptors (Lipinski definition) is 3. The predicted octanol–water partition coefficient (Wildman–Crippen LogP) is 4.94. The predicted molar refractivity (Wildman–Crippen MR) is 124 cm³/mol. The first-order valence-electron chi connectivity index (χ1n) is 11.0. The highest BCUT2D eigenvalue weighted by Gasteiger charge is 2.56. The summed E-state index contributed by atoms with van der Waals surface area (Å²) in [6.07, 6.45) is 8.54. The van der Waals surface area contributed by atoms with Gasteiger partial charge in [-0.1, -0.05) is 54.1 Å². The SMILES string of the molecule is O=C1[C@@H]2[C@@H](C(=O)N1/N=C\c1c(Cc3ccc(Cl)cc3)[nH]c3ccccc13)[C@H]1C=C[C@H]2CC1. The van der Waals surface area contributed by atoms with E-state index in [1.165, 1.54) is 0 Å². The van der Waals surface area contributed by atoms with Gasteiger partial charge in [-0.3, -0.25) is 9.59 Å². The molecule has 2 amide bonds. The highest BCUT2D eigenvalue weighted by atomic mass is 35.5. The molecule has 7 rings (SSSR count). The van der Waals surface area contributed by atoms with Crippen LogP contribution in [0.1, 0.15) is 29.7 Å². The van der Waals surface area contributed by atoms with Crippen molar-refractivity contribution in [2.45, 2.75) is 19.3 Å². The smallest absolute Gasteiger partial charge is 0.254 e. The Morgan fingerprint density at radius 3 is 2.28 bits per heavy atom. The van der Waals surface area contributed by atoms with Crippen LogP contribution in [-0.4, -0.2) is 28.0 Å². The molecule has 4 aliphatic rings. The zero-order chi connectivity index (χ0) is 21.8. The van der Waals surface area contributed by atoms with E-state index in [0.717, 1.165) is 45.6 Å². The summed E-state index contributed by atoms with van der Waals surface area (Å²) in [7, 11) is 0. The van der Waals surface area contributed by atoms with Crippen molar-refractivity contribution in [3.63, 3.8) is 0 Å². The minimum Gasteiger partial charge on any atom is -0.358 e. The Balaban J connectivity index is 1.35. The van der Waals surface area contributed by atoms with Crippen LogP contribution in [0, 0.1) is 23.7 Å². The van der Waals surface area contributed by atoms with Crippen molar-refractivity contribution >= 4 is 40.5 Å². The number of nitrogens with zero attached hydrogens (tertiary/aromatic N) is 2. The van der Waals surface area contributed by atoms with Gasteiger partial charge >= 0.3 is 0 Å². The Kier molecular flexibility index (Phi) is 4.54. The van der Waals surface area contributed by atoms with Crippen molar-refractivity contribution in [2.24, 2.45) is 28.8 Å².